The van der Waals surface area contributed by atoms with Crippen LogP contribution in [0.4, 0.5) is 8.78 Å². The first-order valence-corrected chi connectivity index (χ1v) is 17.8. The van der Waals surface area contributed by atoms with Crippen molar-refractivity contribution in [2.75, 3.05) is 12.3 Å². The van der Waals surface area contributed by atoms with Gasteiger partial charge in [0.25, 0.3) is 5.91 Å². The number of halogens is 2. The molecule has 0 bridgehead atoms. The molecule has 0 radical (unpaired) electrons. The van der Waals surface area contributed by atoms with Gasteiger partial charge in [-0.15, -0.1) is 0 Å². The van der Waals surface area contributed by atoms with E-state index < -0.39 is 62.5 Å². The fourth-order valence-electron chi connectivity index (χ4n) is 5.60. The molecule has 0 aliphatic heterocycles. The highest BCUT2D eigenvalue weighted by atomic mass is 32.2. The molecule has 11 heteroatoms. The molecule has 4 N–H and O–H groups in total. The van der Waals surface area contributed by atoms with Gasteiger partial charge in [-0.25, -0.2) is 17.2 Å². The predicted molar refractivity (Wildman–Crippen MR) is 181 cm³/mol. The Kier molecular flexibility index (Phi) is 14.5. The largest absolute Gasteiger partial charge is 0.390 e. The van der Waals surface area contributed by atoms with Gasteiger partial charge in [-0.05, 0) is 68.5 Å². The number of rotatable bonds is 18. The number of aliphatic hydroxyl groups is 1. The van der Waals surface area contributed by atoms with Gasteiger partial charge in [-0.3, -0.25) is 9.59 Å². The third-order valence-electron chi connectivity index (χ3n) is 7.97. The van der Waals surface area contributed by atoms with E-state index in [1.165, 1.54) is 0 Å². The molecule has 0 fully saturated rings. The molecule has 0 aromatic heterocycles. The summed E-state index contributed by atoms with van der Waals surface area (Å²) in [5.74, 6) is -3.74. The molecule has 2 amide bonds. The Labute approximate surface area is 277 Å². The summed E-state index contributed by atoms with van der Waals surface area (Å²) in [4.78, 5) is 27.2. The van der Waals surface area contributed by atoms with Crippen molar-refractivity contribution in [1.29, 1.82) is 0 Å². The lowest BCUT2D eigenvalue weighted by Crippen LogP contribution is -2.57. The summed E-state index contributed by atoms with van der Waals surface area (Å²) in [6.45, 7) is 7.96. The average molecular weight is 672 g/mol. The van der Waals surface area contributed by atoms with Crippen LogP contribution in [0.3, 0.4) is 0 Å². The molecular formula is C36H47F2N3O5S. The summed E-state index contributed by atoms with van der Waals surface area (Å²) < 4.78 is 55.4. The highest BCUT2D eigenvalue weighted by Crippen LogP contribution is 2.18. The Morgan fingerprint density at radius 3 is 2.04 bits per heavy atom. The standard InChI is InChI=1S/C36H47F2N3O5S/c1-5-9-31(10-6-2)47(45,46)23-33(41-35(43)28-14-8-12-25(4)16-28)36(44)40-32(19-27-17-29(37)20-30(38)18-27)34(42)22-39-21-26-13-7-11-24(3)15-26/h7-8,11-18,20,31-34,39,42H,5-6,9-10,19,21-23H2,1-4H3,(H,40,44)(H,41,43)/t32-,33?,34+/m0/s1. The van der Waals surface area contributed by atoms with Gasteiger partial charge in [0.1, 0.15) is 17.7 Å². The molecule has 0 heterocycles. The molecule has 0 saturated heterocycles. The number of nitrogens with one attached hydrogen (secondary N) is 3. The molecule has 3 atom stereocenters. The van der Waals surface area contributed by atoms with E-state index in [1.54, 1.807) is 31.2 Å². The Bertz CT molecular complexity index is 1570. The van der Waals surface area contributed by atoms with Crippen LogP contribution in [0.25, 0.3) is 0 Å². The summed E-state index contributed by atoms with van der Waals surface area (Å²) in [5.41, 5.74) is 3.29. The number of benzene rings is 3. The van der Waals surface area contributed by atoms with Gasteiger partial charge in [0, 0.05) is 24.7 Å². The maximum absolute atomic E-state index is 14.1. The normalized spacial score (nSPS) is 13.6. The van der Waals surface area contributed by atoms with Crippen molar-refractivity contribution in [2.24, 2.45) is 0 Å². The molecule has 8 nitrogen and oxygen atoms in total. The van der Waals surface area contributed by atoms with Crippen LogP contribution in [0, 0.1) is 25.5 Å². The summed E-state index contributed by atoms with van der Waals surface area (Å²) in [6, 6.07) is 14.8. The lowest BCUT2D eigenvalue weighted by atomic mass is 10.00. The summed E-state index contributed by atoms with van der Waals surface area (Å²) in [7, 11) is -3.85. The Morgan fingerprint density at radius 2 is 1.45 bits per heavy atom. The fourth-order valence-corrected chi connectivity index (χ4v) is 7.77. The van der Waals surface area contributed by atoms with Crippen LogP contribution in [0.15, 0.2) is 66.7 Å². The Morgan fingerprint density at radius 1 is 0.830 bits per heavy atom. The smallest absolute Gasteiger partial charge is 0.251 e. The SMILES string of the molecule is CCCC(CCC)S(=O)(=O)CC(NC(=O)c1cccc(C)c1)C(=O)N[C@@H](Cc1cc(F)cc(F)c1)[C@H](O)CNCc1cccc(C)c1. The van der Waals surface area contributed by atoms with Crippen molar-refractivity contribution in [2.45, 2.75) is 89.8 Å². The first kappa shape index (κ1) is 37.8. The van der Waals surface area contributed by atoms with E-state index in [0.717, 1.165) is 34.9 Å². The van der Waals surface area contributed by atoms with E-state index in [4.69, 9.17) is 0 Å². The van der Waals surface area contributed by atoms with Crippen molar-refractivity contribution in [3.8, 4) is 0 Å². The van der Waals surface area contributed by atoms with Crippen molar-refractivity contribution >= 4 is 21.7 Å². The van der Waals surface area contributed by atoms with Crippen molar-refractivity contribution < 1.29 is 31.9 Å². The minimum Gasteiger partial charge on any atom is -0.390 e. The minimum absolute atomic E-state index is 0.00434. The second-order valence-electron chi connectivity index (χ2n) is 12.2. The van der Waals surface area contributed by atoms with Gasteiger partial charge >= 0.3 is 0 Å². The number of aryl methyl sites for hydroxylation is 2. The van der Waals surface area contributed by atoms with Gasteiger partial charge in [0.15, 0.2) is 9.84 Å². The first-order chi connectivity index (χ1) is 22.3. The summed E-state index contributed by atoms with van der Waals surface area (Å²) >= 11 is 0. The van der Waals surface area contributed by atoms with Crippen LogP contribution in [-0.4, -0.2) is 61.1 Å². The molecule has 0 aliphatic carbocycles. The molecule has 3 aromatic rings. The molecule has 3 rings (SSSR count). The van der Waals surface area contributed by atoms with E-state index in [0.29, 0.717) is 32.2 Å². The van der Waals surface area contributed by atoms with Crippen molar-refractivity contribution in [3.05, 3.63) is 106 Å². The summed E-state index contributed by atoms with van der Waals surface area (Å²) in [5, 5.41) is 19.0. The number of carbonyl (C=O) groups is 2. The van der Waals surface area contributed by atoms with Gasteiger partial charge in [-0.1, -0.05) is 74.2 Å². The first-order valence-electron chi connectivity index (χ1n) is 16.1. The maximum atomic E-state index is 14.1. The zero-order chi connectivity index (χ0) is 34.6. The van der Waals surface area contributed by atoms with Gasteiger partial charge in [-0.2, -0.15) is 0 Å². The molecular weight excluding hydrogens is 624 g/mol. The zero-order valence-electron chi connectivity index (χ0n) is 27.6. The van der Waals surface area contributed by atoms with Crippen LogP contribution in [0.2, 0.25) is 0 Å². The zero-order valence-corrected chi connectivity index (χ0v) is 28.4. The van der Waals surface area contributed by atoms with Crippen LogP contribution >= 0.6 is 0 Å². The molecule has 0 aliphatic rings. The van der Waals surface area contributed by atoms with Crippen molar-refractivity contribution in [1.82, 2.24) is 16.0 Å². The lowest BCUT2D eigenvalue weighted by Gasteiger charge is -2.28. The van der Waals surface area contributed by atoms with Gasteiger partial charge in [0.2, 0.25) is 5.91 Å². The van der Waals surface area contributed by atoms with E-state index in [1.807, 2.05) is 45.0 Å². The third kappa shape index (κ3) is 12.1. The Hall–Kier alpha value is -3.67. The van der Waals surface area contributed by atoms with Crippen LogP contribution < -0.4 is 16.0 Å². The van der Waals surface area contributed by atoms with Crippen molar-refractivity contribution in [3.63, 3.8) is 0 Å². The van der Waals surface area contributed by atoms with E-state index in [2.05, 4.69) is 16.0 Å². The number of carbonyl (C=O) groups excluding carboxylic acids is 2. The van der Waals surface area contributed by atoms with E-state index >= 15 is 0 Å². The second kappa shape index (κ2) is 18.0. The van der Waals surface area contributed by atoms with Gasteiger partial charge in [0.05, 0.1) is 23.1 Å². The highest BCUT2D eigenvalue weighted by molar-refractivity contribution is 7.92. The Balaban J connectivity index is 1.89. The topological polar surface area (TPSA) is 125 Å². The maximum Gasteiger partial charge on any atom is 0.251 e. The number of aliphatic hydroxyl groups excluding tert-OH is 1. The molecule has 47 heavy (non-hydrogen) atoms. The molecule has 1 unspecified atom stereocenters. The molecule has 0 saturated carbocycles. The molecule has 256 valence electrons. The number of hydrogen-bond acceptors (Lipinski definition) is 6. The van der Waals surface area contributed by atoms with Crippen LogP contribution in [-0.2, 0) is 27.6 Å². The van der Waals surface area contributed by atoms with Crippen LogP contribution in [0.1, 0.15) is 72.1 Å². The second-order valence-corrected chi connectivity index (χ2v) is 14.5. The average Bonchev–Trinajstić information content (AvgIpc) is 2.99. The fraction of sp³-hybridized carbons (Fsp3) is 0.444. The molecule has 3 aromatic carbocycles. The predicted octanol–water partition coefficient (Wildman–Crippen LogP) is 4.94. The van der Waals surface area contributed by atoms with E-state index in [9.17, 15) is 31.9 Å². The minimum atomic E-state index is -3.85. The summed E-state index contributed by atoms with van der Waals surface area (Å²) in [6.07, 6.45) is 0.681. The van der Waals surface area contributed by atoms with Crippen LogP contribution in [0.5, 0.6) is 0 Å². The van der Waals surface area contributed by atoms with Gasteiger partial charge < -0.3 is 21.1 Å². The van der Waals surface area contributed by atoms with E-state index in [-0.39, 0.29) is 24.1 Å². The number of sulfone groups is 1. The number of hydrogen-bond donors (Lipinski definition) is 4. The monoisotopic (exact) mass is 671 g/mol. The third-order valence-corrected chi connectivity index (χ3v) is 10.3. The quantitative estimate of drug-likeness (QED) is 0.152. The highest BCUT2D eigenvalue weighted by Gasteiger charge is 2.34. The number of amides is 2. The lowest BCUT2D eigenvalue weighted by molar-refractivity contribution is -0.124. The molecule has 0 spiro atoms.